The highest BCUT2D eigenvalue weighted by atomic mass is 15.1. The smallest absolute Gasteiger partial charge is 0.0366 e. The Kier molecular flexibility index (Phi) is 2.35. The summed E-state index contributed by atoms with van der Waals surface area (Å²) in [5, 5.41) is 0. The molecule has 0 atom stereocenters. The van der Waals surface area contributed by atoms with Crippen LogP contribution in [0.2, 0.25) is 0 Å². The number of rotatable bonds is 2. The number of anilines is 1. The Hall–Kier alpha value is -1.24. The maximum absolute atomic E-state index is 3.74. The number of hydrogen-bond acceptors (Lipinski definition) is 1. The van der Waals surface area contributed by atoms with Crippen LogP contribution in [0.15, 0.2) is 30.8 Å². The zero-order valence-electron chi connectivity index (χ0n) is 7.87. The molecule has 0 saturated carbocycles. The van der Waals surface area contributed by atoms with E-state index in [0.717, 1.165) is 0 Å². The van der Waals surface area contributed by atoms with Crippen molar-refractivity contribution in [2.45, 2.75) is 12.8 Å². The first kappa shape index (κ1) is 8.36. The molecule has 0 amide bonds. The maximum Gasteiger partial charge on any atom is 0.0366 e. The zero-order chi connectivity index (χ0) is 9.10. The van der Waals surface area contributed by atoms with E-state index in [4.69, 9.17) is 0 Å². The first-order valence-corrected chi connectivity index (χ1v) is 4.87. The molecule has 1 saturated heterocycles. The van der Waals surface area contributed by atoms with E-state index in [1.165, 1.54) is 37.2 Å². The molecule has 0 N–H and O–H groups in total. The molecular weight excluding hydrogens is 158 g/mol. The monoisotopic (exact) mass is 173 g/mol. The summed E-state index contributed by atoms with van der Waals surface area (Å²) in [6.45, 7) is 6.18. The quantitative estimate of drug-likeness (QED) is 0.664. The van der Waals surface area contributed by atoms with Gasteiger partial charge in [-0.05, 0) is 30.5 Å². The molecule has 68 valence electrons. The minimum absolute atomic E-state index is 1.20. The lowest BCUT2D eigenvalue weighted by atomic mass is 10.2. The van der Waals surface area contributed by atoms with E-state index < -0.39 is 0 Å². The second kappa shape index (κ2) is 3.65. The van der Waals surface area contributed by atoms with Crippen molar-refractivity contribution in [2.24, 2.45) is 0 Å². The van der Waals surface area contributed by atoms with Crippen molar-refractivity contribution in [2.75, 3.05) is 18.0 Å². The van der Waals surface area contributed by atoms with Gasteiger partial charge < -0.3 is 4.90 Å². The second-order valence-electron chi connectivity index (χ2n) is 3.49. The van der Waals surface area contributed by atoms with Gasteiger partial charge in [0.15, 0.2) is 0 Å². The van der Waals surface area contributed by atoms with Gasteiger partial charge in [-0.2, -0.15) is 0 Å². The summed E-state index contributed by atoms with van der Waals surface area (Å²) in [7, 11) is 0. The molecule has 0 unspecified atom stereocenters. The molecule has 1 heteroatoms. The van der Waals surface area contributed by atoms with Crippen molar-refractivity contribution >= 4 is 11.8 Å². The fourth-order valence-electron chi connectivity index (χ4n) is 1.80. The van der Waals surface area contributed by atoms with Gasteiger partial charge in [-0.15, -0.1) is 0 Å². The van der Waals surface area contributed by atoms with Gasteiger partial charge in [0.2, 0.25) is 0 Å². The molecular formula is C12H15N. The van der Waals surface area contributed by atoms with Gasteiger partial charge in [0.1, 0.15) is 0 Å². The Labute approximate surface area is 79.7 Å². The summed E-state index contributed by atoms with van der Waals surface area (Å²) in [6, 6.07) is 8.62. The summed E-state index contributed by atoms with van der Waals surface area (Å²) in [5.41, 5.74) is 2.55. The van der Waals surface area contributed by atoms with Crippen LogP contribution in [0.5, 0.6) is 0 Å². The SMILES string of the molecule is C=Cc1ccc(N2CCCC2)cc1. The third-order valence-electron chi connectivity index (χ3n) is 2.60. The predicted molar refractivity (Wildman–Crippen MR) is 58.0 cm³/mol. The molecule has 13 heavy (non-hydrogen) atoms. The van der Waals surface area contributed by atoms with Crippen LogP contribution in [-0.4, -0.2) is 13.1 Å². The lowest BCUT2D eigenvalue weighted by Crippen LogP contribution is -2.17. The van der Waals surface area contributed by atoms with Gasteiger partial charge >= 0.3 is 0 Å². The summed E-state index contributed by atoms with van der Waals surface area (Å²) in [6.07, 6.45) is 4.56. The first-order chi connectivity index (χ1) is 6.40. The largest absolute Gasteiger partial charge is 0.372 e. The Balaban J connectivity index is 2.16. The van der Waals surface area contributed by atoms with Gasteiger partial charge in [-0.25, -0.2) is 0 Å². The van der Waals surface area contributed by atoms with Crippen molar-refractivity contribution in [3.63, 3.8) is 0 Å². The Morgan fingerprint density at radius 2 is 1.69 bits per heavy atom. The van der Waals surface area contributed by atoms with E-state index in [9.17, 15) is 0 Å². The molecule has 1 nitrogen and oxygen atoms in total. The number of nitrogens with zero attached hydrogens (tertiary/aromatic N) is 1. The minimum Gasteiger partial charge on any atom is -0.372 e. The van der Waals surface area contributed by atoms with Crippen LogP contribution < -0.4 is 4.90 Å². The van der Waals surface area contributed by atoms with E-state index in [0.29, 0.717) is 0 Å². The highest BCUT2D eigenvalue weighted by Gasteiger charge is 2.11. The lowest BCUT2D eigenvalue weighted by molar-refractivity contribution is 0.949. The molecule has 1 aliphatic heterocycles. The van der Waals surface area contributed by atoms with E-state index in [2.05, 4.69) is 35.7 Å². The molecule has 1 heterocycles. The molecule has 0 aliphatic carbocycles. The summed E-state index contributed by atoms with van der Waals surface area (Å²) < 4.78 is 0. The normalized spacial score (nSPS) is 16.2. The van der Waals surface area contributed by atoms with E-state index in [1.807, 2.05) is 6.08 Å². The molecule has 1 aliphatic rings. The van der Waals surface area contributed by atoms with E-state index in [-0.39, 0.29) is 0 Å². The molecule has 1 aromatic carbocycles. The molecule has 1 fully saturated rings. The van der Waals surface area contributed by atoms with Gasteiger partial charge in [0.05, 0.1) is 0 Å². The molecule has 0 radical (unpaired) electrons. The fourth-order valence-corrected chi connectivity index (χ4v) is 1.80. The van der Waals surface area contributed by atoms with Crippen LogP contribution in [0.4, 0.5) is 5.69 Å². The highest BCUT2D eigenvalue weighted by Crippen LogP contribution is 2.20. The van der Waals surface area contributed by atoms with Crippen LogP contribution in [0.25, 0.3) is 6.08 Å². The standard InChI is InChI=1S/C12H15N/c1-2-11-5-7-12(8-6-11)13-9-3-4-10-13/h2,5-8H,1,3-4,9-10H2. The van der Waals surface area contributed by atoms with E-state index in [1.54, 1.807) is 0 Å². The maximum atomic E-state index is 3.74. The Morgan fingerprint density at radius 1 is 1.08 bits per heavy atom. The van der Waals surface area contributed by atoms with Crippen LogP contribution in [0, 0.1) is 0 Å². The van der Waals surface area contributed by atoms with Crippen LogP contribution in [0.3, 0.4) is 0 Å². The molecule has 2 rings (SSSR count). The Bertz CT molecular complexity index is 280. The van der Waals surface area contributed by atoms with E-state index >= 15 is 0 Å². The number of hydrogen-bond donors (Lipinski definition) is 0. The molecule has 0 spiro atoms. The first-order valence-electron chi connectivity index (χ1n) is 4.87. The van der Waals surface area contributed by atoms with Gasteiger partial charge in [0, 0.05) is 18.8 Å². The minimum atomic E-state index is 1.20. The van der Waals surface area contributed by atoms with Crippen molar-refractivity contribution in [3.8, 4) is 0 Å². The number of benzene rings is 1. The van der Waals surface area contributed by atoms with Crippen LogP contribution >= 0.6 is 0 Å². The van der Waals surface area contributed by atoms with Crippen LogP contribution in [-0.2, 0) is 0 Å². The third-order valence-corrected chi connectivity index (χ3v) is 2.60. The molecule has 1 aromatic rings. The molecule has 0 bridgehead atoms. The highest BCUT2D eigenvalue weighted by molar-refractivity contribution is 5.55. The topological polar surface area (TPSA) is 3.24 Å². The summed E-state index contributed by atoms with van der Waals surface area (Å²) in [5.74, 6) is 0. The fraction of sp³-hybridized carbons (Fsp3) is 0.333. The molecule has 0 aromatic heterocycles. The average molecular weight is 173 g/mol. The van der Waals surface area contributed by atoms with Crippen molar-refractivity contribution < 1.29 is 0 Å². The van der Waals surface area contributed by atoms with Gasteiger partial charge in [-0.1, -0.05) is 24.8 Å². The Morgan fingerprint density at radius 3 is 2.23 bits per heavy atom. The van der Waals surface area contributed by atoms with Gasteiger partial charge in [-0.3, -0.25) is 0 Å². The second-order valence-corrected chi connectivity index (χ2v) is 3.49. The van der Waals surface area contributed by atoms with Crippen molar-refractivity contribution in [3.05, 3.63) is 36.4 Å². The lowest BCUT2D eigenvalue weighted by Gasteiger charge is -2.17. The van der Waals surface area contributed by atoms with Crippen molar-refractivity contribution in [1.29, 1.82) is 0 Å². The summed E-state index contributed by atoms with van der Waals surface area (Å²) >= 11 is 0. The summed E-state index contributed by atoms with van der Waals surface area (Å²) in [4.78, 5) is 2.44. The van der Waals surface area contributed by atoms with Crippen LogP contribution in [0.1, 0.15) is 18.4 Å². The predicted octanol–water partition coefficient (Wildman–Crippen LogP) is 2.93. The van der Waals surface area contributed by atoms with Crippen molar-refractivity contribution in [1.82, 2.24) is 0 Å². The van der Waals surface area contributed by atoms with Gasteiger partial charge in [0.25, 0.3) is 0 Å². The zero-order valence-corrected chi connectivity index (χ0v) is 7.87. The average Bonchev–Trinajstić information content (AvgIpc) is 2.71. The third kappa shape index (κ3) is 1.74.